The maximum Gasteiger partial charge on any atom is 0.0721 e. The van der Waals surface area contributed by atoms with Crippen molar-refractivity contribution >= 4 is 0 Å². The van der Waals surface area contributed by atoms with Gasteiger partial charge in [0.2, 0.25) is 0 Å². The zero-order valence-electron chi connectivity index (χ0n) is 12.6. The number of likely N-dealkylation sites (N-methyl/N-ethyl adjacent to an activating group) is 1. The lowest BCUT2D eigenvalue weighted by Crippen LogP contribution is -2.42. The standard InChI is InChI=1S/C15H33NO/c1-6-10-11-13(7-2)12-14(16-9-4)15(8-3)17-5/h13-16H,6-12H2,1-5H3. The molecule has 0 aliphatic heterocycles. The first-order valence-corrected chi connectivity index (χ1v) is 7.49. The average molecular weight is 243 g/mol. The fraction of sp³-hybridized carbons (Fsp3) is 1.00. The summed E-state index contributed by atoms with van der Waals surface area (Å²) in [6.07, 6.45) is 8.06. The summed E-state index contributed by atoms with van der Waals surface area (Å²) in [5.41, 5.74) is 0. The molecule has 0 fully saturated rings. The van der Waals surface area contributed by atoms with Crippen LogP contribution in [0.4, 0.5) is 0 Å². The minimum Gasteiger partial charge on any atom is -0.380 e. The zero-order valence-corrected chi connectivity index (χ0v) is 12.6. The van der Waals surface area contributed by atoms with Crippen LogP contribution in [0.5, 0.6) is 0 Å². The van der Waals surface area contributed by atoms with Gasteiger partial charge < -0.3 is 10.1 Å². The molecule has 2 nitrogen and oxygen atoms in total. The fourth-order valence-corrected chi connectivity index (χ4v) is 2.58. The van der Waals surface area contributed by atoms with Gasteiger partial charge in [0.25, 0.3) is 0 Å². The van der Waals surface area contributed by atoms with Crippen molar-refractivity contribution in [3.63, 3.8) is 0 Å². The number of rotatable bonds is 11. The van der Waals surface area contributed by atoms with Crippen molar-refractivity contribution < 1.29 is 4.74 Å². The topological polar surface area (TPSA) is 21.3 Å². The third-order valence-electron chi connectivity index (χ3n) is 3.75. The van der Waals surface area contributed by atoms with Gasteiger partial charge in [0.05, 0.1) is 6.10 Å². The van der Waals surface area contributed by atoms with E-state index in [1.54, 1.807) is 0 Å². The Labute approximate surface area is 109 Å². The first-order valence-electron chi connectivity index (χ1n) is 7.49. The molecule has 17 heavy (non-hydrogen) atoms. The quantitative estimate of drug-likeness (QED) is 0.592. The SMILES string of the molecule is CCCCC(CC)CC(NCC)C(CC)OC. The molecule has 3 atom stereocenters. The number of hydrogen-bond donors (Lipinski definition) is 1. The summed E-state index contributed by atoms with van der Waals surface area (Å²) in [5, 5.41) is 3.60. The maximum absolute atomic E-state index is 5.60. The summed E-state index contributed by atoms with van der Waals surface area (Å²) in [6.45, 7) is 10.0. The van der Waals surface area contributed by atoms with Crippen LogP contribution in [-0.2, 0) is 4.74 Å². The molecule has 0 aliphatic rings. The molecule has 0 saturated carbocycles. The van der Waals surface area contributed by atoms with Crippen molar-refractivity contribution in [2.45, 2.75) is 78.4 Å². The minimum atomic E-state index is 0.366. The molecular formula is C15H33NO. The van der Waals surface area contributed by atoms with Crippen LogP contribution in [0, 0.1) is 5.92 Å². The Bertz CT molecular complexity index is 157. The number of hydrogen-bond acceptors (Lipinski definition) is 2. The predicted molar refractivity (Wildman–Crippen MR) is 76.5 cm³/mol. The third kappa shape index (κ3) is 7.05. The third-order valence-corrected chi connectivity index (χ3v) is 3.75. The van der Waals surface area contributed by atoms with Crippen LogP contribution in [0.15, 0.2) is 0 Å². The summed E-state index contributed by atoms with van der Waals surface area (Å²) < 4.78 is 5.60. The molecule has 0 rings (SSSR count). The van der Waals surface area contributed by atoms with Crippen LogP contribution in [0.3, 0.4) is 0 Å². The van der Waals surface area contributed by atoms with E-state index >= 15 is 0 Å². The summed E-state index contributed by atoms with van der Waals surface area (Å²) in [6, 6.07) is 0.525. The Hall–Kier alpha value is -0.0800. The van der Waals surface area contributed by atoms with E-state index in [-0.39, 0.29) is 0 Å². The van der Waals surface area contributed by atoms with Crippen molar-refractivity contribution in [3.05, 3.63) is 0 Å². The van der Waals surface area contributed by atoms with Crippen LogP contribution in [-0.4, -0.2) is 25.8 Å². The minimum absolute atomic E-state index is 0.366. The molecular weight excluding hydrogens is 210 g/mol. The van der Waals surface area contributed by atoms with Gasteiger partial charge in [-0.3, -0.25) is 0 Å². The Morgan fingerprint density at radius 2 is 1.76 bits per heavy atom. The average Bonchev–Trinajstić information content (AvgIpc) is 2.35. The van der Waals surface area contributed by atoms with Crippen molar-refractivity contribution in [2.75, 3.05) is 13.7 Å². The van der Waals surface area contributed by atoms with Gasteiger partial charge in [0.15, 0.2) is 0 Å². The lowest BCUT2D eigenvalue weighted by atomic mass is 9.89. The lowest BCUT2D eigenvalue weighted by Gasteiger charge is -2.29. The van der Waals surface area contributed by atoms with Gasteiger partial charge in [0, 0.05) is 13.2 Å². The number of nitrogens with one attached hydrogen (secondary N) is 1. The Kier molecular flexibility index (Phi) is 11.0. The first-order chi connectivity index (χ1) is 8.23. The Morgan fingerprint density at radius 1 is 1.06 bits per heavy atom. The number of methoxy groups -OCH3 is 1. The summed E-state index contributed by atoms with van der Waals surface area (Å²) >= 11 is 0. The molecule has 0 amide bonds. The normalized spacial score (nSPS) is 16.8. The molecule has 0 radical (unpaired) electrons. The molecule has 0 aliphatic carbocycles. The van der Waals surface area contributed by atoms with Crippen LogP contribution >= 0.6 is 0 Å². The second kappa shape index (κ2) is 11.0. The van der Waals surface area contributed by atoms with E-state index < -0.39 is 0 Å². The van der Waals surface area contributed by atoms with Crippen LogP contribution in [0.2, 0.25) is 0 Å². The van der Waals surface area contributed by atoms with Gasteiger partial charge in [-0.1, -0.05) is 53.4 Å². The van der Waals surface area contributed by atoms with Gasteiger partial charge in [-0.25, -0.2) is 0 Å². The largest absolute Gasteiger partial charge is 0.380 e. The molecule has 3 unspecified atom stereocenters. The number of ether oxygens (including phenoxy) is 1. The highest BCUT2D eigenvalue weighted by atomic mass is 16.5. The fourth-order valence-electron chi connectivity index (χ4n) is 2.58. The summed E-state index contributed by atoms with van der Waals surface area (Å²) in [7, 11) is 1.84. The molecule has 2 heteroatoms. The van der Waals surface area contributed by atoms with Crippen molar-refractivity contribution in [2.24, 2.45) is 5.92 Å². The second-order valence-corrected chi connectivity index (χ2v) is 5.00. The number of unbranched alkanes of at least 4 members (excludes halogenated alkanes) is 1. The van der Waals surface area contributed by atoms with E-state index in [1.807, 2.05) is 7.11 Å². The molecule has 0 aromatic heterocycles. The highest BCUT2D eigenvalue weighted by molar-refractivity contribution is 4.78. The first kappa shape index (κ1) is 16.9. The van der Waals surface area contributed by atoms with Gasteiger partial charge in [-0.15, -0.1) is 0 Å². The van der Waals surface area contributed by atoms with Crippen LogP contribution < -0.4 is 5.32 Å². The van der Waals surface area contributed by atoms with Crippen LogP contribution in [0.1, 0.15) is 66.2 Å². The van der Waals surface area contributed by atoms with E-state index in [2.05, 4.69) is 33.0 Å². The second-order valence-electron chi connectivity index (χ2n) is 5.00. The molecule has 1 N–H and O–H groups in total. The van der Waals surface area contributed by atoms with Crippen molar-refractivity contribution in [1.29, 1.82) is 0 Å². The van der Waals surface area contributed by atoms with Gasteiger partial charge in [0.1, 0.15) is 0 Å². The molecule has 0 saturated heterocycles. The smallest absolute Gasteiger partial charge is 0.0721 e. The molecule has 104 valence electrons. The Morgan fingerprint density at radius 3 is 2.18 bits per heavy atom. The molecule has 0 heterocycles. The highest BCUT2D eigenvalue weighted by Gasteiger charge is 2.21. The molecule has 0 spiro atoms. The monoisotopic (exact) mass is 243 g/mol. The summed E-state index contributed by atoms with van der Waals surface area (Å²) in [5.74, 6) is 0.850. The van der Waals surface area contributed by atoms with Crippen molar-refractivity contribution in [3.8, 4) is 0 Å². The lowest BCUT2D eigenvalue weighted by molar-refractivity contribution is 0.0563. The van der Waals surface area contributed by atoms with Crippen molar-refractivity contribution in [1.82, 2.24) is 5.32 Å². The molecule has 0 aromatic rings. The highest BCUT2D eigenvalue weighted by Crippen LogP contribution is 2.21. The van der Waals surface area contributed by atoms with Gasteiger partial charge in [-0.2, -0.15) is 0 Å². The predicted octanol–water partition coefficient (Wildman–Crippen LogP) is 4.00. The van der Waals surface area contributed by atoms with E-state index in [9.17, 15) is 0 Å². The van der Waals surface area contributed by atoms with E-state index in [1.165, 1.54) is 32.1 Å². The van der Waals surface area contributed by atoms with Gasteiger partial charge >= 0.3 is 0 Å². The van der Waals surface area contributed by atoms with E-state index in [0.29, 0.717) is 12.1 Å². The van der Waals surface area contributed by atoms with E-state index in [0.717, 1.165) is 18.9 Å². The maximum atomic E-state index is 5.60. The zero-order chi connectivity index (χ0) is 13.1. The van der Waals surface area contributed by atoms with Crippen LogP contribution in [0.25, 0.3) is 0 Å². The molecule has 0 bridgehead atoms. The summed E-state index contributed by atoms with van der Waals surface area (Å²) in [4.78, 5) is 0. The molecule has 0 aromatic carbocycles. The Balaban J connectivity index is 4.27. The van der Waals surface area contributed by atoms with Gasteiger partial charge in [-0.05, 0) is 25.3 Å². The van der Waals surface area contributed by atoms with E-state index in [4.69, 9.17) is 4.74 Å².